The van der Waals surface area contributed by atoms with E-state index >= 15 is 0 Å². The number of aryl methyl sites for hydroxylation is 6. The fourth-order valence-corrected chi connectivity index (χ4v) is 4.40. The van der Waals surface area contributed by atoms with E-state index in [1.807, 2.05) is 0 Å². The van der Waals surface area contributed by atoms with E-state index in [1.54, 1.807) is 0 Å². The van der Waals surface area contributed by atoms with E-state index in [2.05, 4.69) is 90.1 Å². The lowest BCUT2D eigenvalue weighted by Gasteiger charge is -2.09. The van der Waals surface area contributed by atoms with Gasteiger partial charge in [-0.1, -0.05) is 24.3 Å². The van der Waals surface area contributed by atoms with E-state index in [-0.39, 0.29) is 0 Å². The largest absolute Gasteiger partial charge is 0.456 e. The van der Waals surface area contributed by atoms with Crippen LogP contribution in [0.1, 0.15) is 33.4 Å². The third-order valence-electron chi connectivity index (χ3n) is 6.30. The van der Waals surface area contributed by atoms with Crippen LogP contribution in [-0.2, 0) is 0 Å². The summed E-state index contributed by atoms with van der Waals surface area (Å²) in [6, 6.07) is 17.3. The van der Waals surface area contributed by atoms with Gasteiger partial charge in [0, 0.05) is 21.9 Å². The summed E-state index contributed by atoms with van der Waals surface area (Å²) in [5.74, 6) is 1.84. The first kappa shape index (κ1) is 18.7. The molecule has 0 bridgehead atoms. The quantitative estimate of drug-likeness (QED) is 0.300. The summed E-state index contributed by atoms with van der Waals surface area (Å²) in [7, 11) is 0. The first-order valence-electron chi connectivity index (χ1n) is 10.4. The number of furan rings is 2. The third-order valence-corrected chi connectivity index (χ3v) is 6.30. The molecular formula is C28H26O2. The highest BCUT2D eigenvalue weighted by atomic mass is 16.3. The van der Waals surface area contributed by atoms with Crippen molar-refractivity contribution in [1.29, 1.82) is 0 Å². The maximum Gasteiger partial charge on any atom is 0.137 e. The fraction of sp³-hybridized carbons (Fsp3) is 0.214. The number of hydrogen-bond donors (Lipinski definition) is 0. The summed E-state index contributed by atoms with van der Waals surface area (Å²) in [5, 5.41) is 2.38. The van der Waals surface area contributed by atoms with Gasteiger partial charge in [-0.2, -0.15) is 0 Å². The molecule has 0 N–H and O–H groups in total. The molecule has 0 atom stereocenters. The van der Waals surface area contributed by atoms with E-state index in [9.17, 15) is 0 Å². The molecule has 5 aromatic rings. The summed E-state index contributed by atoms with van der Waals surface area (Å²) in [6.45, 7) is 12.7. The molecule has 3 aromatic carbocycles. The van der Waals surface area contributed by atoms with Gasteiger partial charge in [-0.05, 0) is 99.2 Å². The minimum Gasteiger partial charge on any atom is -0.456 e. The molecule has 30 heavy (non-hydrogen) atoms. The molecule has 0 aliphatic heterocycles. The van der Waals surface area contributed by atoms with Gasteiger partial charge in [-0.15, -0.1) is 0 Å². The van der Waals surface area contributed by atoms with E-state index in [0.717, 1.165) is 33.8 Å². The first-order valence-corrected chi connectivity index (χ1v) is 10.4. The lowest BCUT2D eigenvalue weighted by Crippen LogP contribution is -1.88. The third kappa shape index (κ3) is 2.79. The molecule has 0 amide bonds. The summed E-state index contributed by atoms with van der Waals surface area (Å²) in [6.07, 6.45) is 0. The van der Waals surface area contributed by atoms with Gasteiger partial charge < -0.3 is 8.83 Å². The lowest BCUT2D eigenvalue weighted by molar-refractivity contribution is 0.626. The van der Waals surface area contributed by atoms with Crippen molar-refractivity contribution in [3.05, 3.63) is 81.9 Å². The van der Waals surface area contributed by atoms with E-state index in [1.165, 1.54) is 44.2 Å². The molecule has 0 spiro atoms. The summed E-state index contributed by atoms with van der Waals surface area (Å²) < 4.78 is 12.6. The average Bonchev–Trinajstić information content (AvgIpc) is 3.35. The van der Waals surface area contributed by atoms with Crippen LogP contribution >= 0.6 is 0 Å². The zero-order valence-corrected chi connectivity index (χ0v) is 18.4. The molecule has 150 valence electrons. The SMILES string of the molecule is Cc1cc(-c2cc3c(C)ccc(C)c3o2)c(C)cc1-c1cc2c(C)ccc(C)c2o1. The van der Waals surface area contributed by atoms with Crippen molar-refractivity contribution >= 4 is 21.9 Å². The van der Waals surface area contributed by atoms with Crippen molar-refractivity contribution in [2.75, 3.05) is 0 Å². The van der Waals surface area contributed by atoms with Gasteiger partial charge in [0.25, 0.3) is 0 Å². The van der Waals surface area contributed by atoms with Crippen molar-refractivity contribution in [3.8, 4) is 22.6 Å². The average molecular weight is 395 g/mol. The predicted octanol–water partition coefficient (Wildman–Crippen LogP) is 8.36. The zero-order valence-electron chi connectivity index (χ0n) is 18.4. The molecule has 0 saturated carbocycles. The van der Waals surface area contributed by atoms with Crippen molar-refractivity contribution in [1.82, 2.24) is 0 Å². The monoisotopic (exact) mass is 394 g/mol. The maximum absolute atomic E-state index is 6.30. The Morgan fingerprint density at radius 3 is 1.17 bits per heavy atom. The van der Waals surface area contributed by atoms with Crippen LogP contribution in [0.15, 0.2) is 57.4 Å². The van der Waals surface area contributed by atoms with Crippen LogP contribution in [0, 0.1) is 41.5 Å². The van der Waals surface area contributed by atoms with E-state index in [4.69, 9.17) is 8.83 Å². The van der Waals surface area contributed by atoms with Crippen molar-refractivity contribution in [2.24, 2.45) is 0 Å². The summed E-state index contributed by atoms with van der Waals surface area (Å²) in [5.41, 5.74) is 11.4. The lowest BCUT2D eigenvalue weighted by atomic mass is 9.96. The van der Waals surface area contributed by atoms with E-state index in [0.29, 0.717) is 0 Å². The van der Waals surface area contributed by atoms with Gasteiger partial charge in [0.05, 0.1) is 0 Å². The molecule has 2 heteroatoms. The van der Waals surface area contributed by atoms with Gasteiger partial charge in [0.1, 0.15) is 22.7 Å². The highest BCUT2D eigenvalue weighted by Gasteiger charge is 2.17. The van der Waals surface area contributed by atoms with Crippen LogP contribution in [0.2, 0.25) is 0 Å². The molecular weight excluding hydrogens is 368 g/mol. The molecule has 0 aliphatic rings. The highest BCUT2D eigenvalue weighted by molar-refractivity contribution is 5.90. The molecule has 0 fully saturated rings. The number of rotatable bonds is 2. The second-order valence-electron chi connectivity index (χ2n) is 8.59. The van der Waals surface area contributed by atoms with Gasteiger partial charge in [0.15, 0.2) is 0 Å². The Labute approximate surface area is 177 Å². The van der Waals surface area contributed by atoms with Gasteiger partial charge >= 0.3 is 0 Å². The van der Waals surface area contributed by atoms with Crippen LogP contribution in [0.3, 0.4) is 0 Å². The number of hydrogen-bond acceptors (Lipinski definition) is 2. The van der Waals surface area contributed by atoms with Crippen LogP contribution in [0.4, 0.5) is 0 Å². The minimum atomic E-state index is 0.922. The molecule has 5 rings (SSSR count). The Bertz CT molecular complexity index is 1250. The molecule has 2 heterocycles. The van der Waals surface area contributed by atoms with Gasteiger partial charge in [0.2, 0.25) is 0 Å². The Morgan fingerprint density at radius 2 is 0.800 bits per heavy atom. The molecule has 0 radical (unpaired) electrons. The molecule has 0 saturated heterocycles. The minimum absolute atomic E-state index is 0.922. The molecule has 2 aromatic heterocycles. The standard InChI is InChI=1S/C28H26O2/c1-15-7-9-17(3)27-23(15)13-25(29-27)21-11-20(6)22(12-19(21)5)26-14-24-16(2)8-10-18(4)28(24)30-26/h7-14H,1-6H3. The fourth-order valence-electron chi connectivity index (χ4n) is 4.40. The smallest absolute Gasteiger partial charge is 0.137 e. The zero-order chi connectivity index (χ0) is 21.2. The molecule has 0 unspecified atom stereocenters. The van der Waals surface area contributed by atoms with Gasteiger partial charge in [-0.25, -0.2) is 0 Å². The number of benzene rings is 3. The van der Waals surface area contributed by atoms with Crippen molar-refractivity contribution in [2.45, 2.75) is 41.5 Å². The Morgan fingerprint density at radius 1 is 0.433 bits per heavy atom. The number of fused-ring (bicyclic) bond motifs is 2. The molecule has 2 nitrogen and oxygen atoms in total. The Hall–Kier alpha value is -3.26. The topological polar surface area (TPSA) is 26.3 Å². The normalized spacial score (nSPS) is 11.7. The van der Waals surface area contributed by atoms with Crippen LogP contribution < -0.4 is 0 Å². The van der Waals surface area contributed by atoms with Gasteiger partial charge in [-0.3, -0.25) is 0 Å². The second-order valence-corrected chi connectivity index (χ2v) is 8.59. The predicted molar refractivity (Wildman–Crippen MR) is 125 cm³/mol. The molecule has 0 aliphatic carbocycles. The Kier molecular flexibility index (Phi) is 4.14. The first-order chi connectivity index (χ1) is 14.3. The second kappa shape index (κ2) is 6.63. The van der Waals surface area contributed by atoms with Crippen molar-refractivity contribution < 1.29 is 8.83 Å². The van der Waals surface area contributed by atoms with Crippen LogP contribution in [0.25, 0.3) is 44.6 Å². The summed E-state index contributed by atoms with van der Waals surface area (Å²) >= 11 is 0. The van der Waals surface area contributed by atoms with E-state index < -0.39 is 0 Å². The maximum atomic E-state index is 6.30. The summed E-state index contributed by atoms with van der Waals surface area (Å²) in [4.78, 5) is 0. The van der Waals surface area contributed by atoms with Crippen LogP contribution in [-0.4, -0.2) is 0 Å². The van der Waals surface area contributed by atoms with Crippen LogP contribution in [0.5, 0.6) is 0 Å². The van der Waals surface area contributed by atoms with Crippen molar-refractivity contribution in [3.63, 3.8) is 0 Å². The highest BCUT2D eigenvalue weighted by Crippen LogP contribution is 2.38. The Balaban J connectivity index is 1.66.